The first-order chi connectivity index (χ1) is 7.68. The quantitative estimate of drug-likeness (QED) is 0.624. The van der Waals surface area contributed by atoms with Gasteiger partial charge >= 0.3 is 5.97 Å². The maximum absolute atomic E-state index is 10.3. The van der Waals surface area contributed by atoms with Gasteiger partial charge in [-0.2, -0.15) is 5.10 Å². The van der Waals surface area contributed by atoms with Gasteiger partial charge in [-0.25, -0.2) is 0 Å². The average molecular weight is 241 g/mol. The van der Waals surface area contributed by atoms with Crippen molar-refractivity contribution in [1.82, 2.24) is 15.5 Å². The highest BCUT2D eigenvalue weighted by Crippen LogP contribution is 1.97. The lowest BCUT2D eigenvalue weighted by Crippen LogP contribution is -2.24. The zero-order valence-electron chi connectivity index (χ0n) is 8.90. The number of rotatable bonds is 7. The van der Waals surface area contributed by atoms with E-state index in [0.717, 1.165) is 23.6 Å². The van der Waals surface area contributed by atoms with Crippen LogP contribution in [0, 0.1) is 0 Å². The summed E-state index contributed by atoms with van der Waals surface area (Å²) in [7, 11) is 0. The molecule has 0 unspecified atom stereocenters. The van der Waals surface area contributed by atoms with E-state index in [1.165, 1.54) is 0 Å². The first-order valence-corrected chi connectivity index (χ1v) is 5.56. The third-order valence-corrected chi connectivity index (χ3v) is 2.42. The van der Waals surface area contributed by atoms with Crippen molar-refractivity contribution in [2.75, 3.05) is 6.54 Å². The fraction of sp³-hybridized carbons (Fsp3) is 0.500. The van der Waals surface area contributed by atoms with E-state index in [9.17, 15) is 4.79 Å². The van der Waals surface area contributed by atoms with Crippen LogP contribution in [0.2, 0.25) is 0 Å². The molecule has 0 aliphatic carbocycles. The molecule has 0 aromatic carbocycles. The summed E-state index contributed by atoms with van der Waals surface area (Å²) in [5.41, 5.74) is 1.06. The van der Waals surface area contributed by atoms with Crippen LogP contribution in [-0.4, -0.2) is 32.8 Å². The summed E-state index contributed by atoms with van der Waals surface area (Å²) in [4.78, 5) is 11.0. The summed E-state index contributed by atoms with van der Waals surface area (Å²) >= 11 is 5.07. The lowest BCUT2D eigenvalue weighted by Gasteiger charge is -2.05. The average Bonchev–Trinajstić information content (AvgIpc) is 2.70. The number of nitrogens with zero attached hydrogens (tertiary/aromatic N) is 1. The predicted octanol–water partition coefficient (Wildman–Crippen LogP) is 1.12. The molecular formula is C10H15N3O2S. The van der Waals surface area contributed by atoms with E-state index in [1.807, 2.05) is 6.07 Å². The Morgan fingerprint density at radius 2 is 2.38 bits per heavy atom. The van der Waals surface area contributed by atoms with Gasteiger partial charge < -0.3 is 10.4 Å². The fourth-order valence-corrected chi connectivity index (χ4v) is 1.50. The number of carboxylic acids is 1. The molecule has 1 heterocycles. The Bertz CT molecular complexity index is 338. The molecule has 1 rings (SSSR count). The van der Waals surface area contributed by atoms with E-state index < -0.39 is 5.97 Å². The van der Waals surface area contributed by atoms with Crippen molar-refractivity contribution in [2.45, 2.75) is 25.7 Å². The largest absolute Gasteiger partial charge is 0.481 e. The first kappa shape index (κ1) is 12.6. The molecule has 16 heavy (non-hydrogen) atoms. The highest BCUT2D eigenvalue weighted by atomic mass is 32.1. The molecule has 0 saturated heterocycles. The highest BCUT2D eigenvalue weighted by Gasteiger charge is 2.00. The smallest absolute Gasteiger partial charge is 0.303 e. The SMILES string of the molecule is O=C(O)CCCC(=S)NCCc1ccn[nH]1. The predicted molar refractivity (Wildman–Crippen MR) is 64.4 cm³/mol. The molecule has 6 heteroatoms. The minimum absolute atomic E-state index is 0.169. The Morgan fingerprint density at radius 1 is 1.56 bits per heavy atom. The van der Waals surface area contributed by atoms with Gasteiger partial charge in [-0.3, -0.25) is 9.89 Å². The molecule has 0 fully saturated rings. The number of carbonyl (C=O) groups is 1. The first-order valence-electron chi connectivity index (χ1n) is 5.15. The van der Waals surface area contributed by atoms with Gasteiger partial charge in [0.1, 0.15) is 0 Å². The summed E-state index contributed by atoms with van der Waals surface area (Å²) in [6.07, 6.45) is 3.93. The summed E-state index contributed by atoms with van der Waals surface area (Å²) in [5.74, 6) is -0.778. The number of hydrogen-bond acceptors (Lipinski definition) is 3. The Labute approximate surface area is 99.2 Å². The van der Waals surface area contributed by atoms with E-state index in [2.05, 4.69) is 15.5 Å². The molecule has 3 N–H and O–H groups in total. The molecule has 88 valence electrons. The van der Waals surface area contributed by atoms with Crippen molar-refractivity contribution in [1.29, 1.82) is 0 Å². The fourth-order valence-electron chi connectivity index (χ4n) is 1.25. The number of nitrogens with one attached hydrogen (secondary N) is 2. The zero-order chi connectivity index (χ0) is 11.8. The second-order valence-corrected chi connectivity index (χ2v) is 3.92. The third kappa shape index (κ3) is 5.45. The molecule has 1 aromatic rings. The molecule has 0 aliphatic rings. The van der Waals surface area contributed by atoms with Crippen molar-refractivity contribution in [3.8, 4) is 0 Å². The third-order valence-electron chi connectivity index (χ3n) is 2.07. The number of aromatic amines is 1. The van der Waals surface area contributed by atoms with Gasteiger partial charge in [0.25, 0.3) is 0 Å². The molecule has 5 nitrogen and oxygen atoms in total. The van der Waals surface area contributed by atoms with Crippen molar-refractivity contribution in [2.24, 2.45) is 0 Å². The summed E-state index contributed by atoms with van der Waals surface area (Å²) in [6.45, 7) is 0.744. The number of aromatic nitrogens is 2. The molecule has 0 amide bonds. The number of H-pyrrole nitrogens is 1. The van der Waals surface area contributed by atoms with E-state index in [1.54, 1.807) is 6.20 Å². The second kappa shape index (κ2) is 6.95. The van der Waals surface area contributed by atoms with Crippen LogP contribution in [-0.2, 0) is 11.2 Å². The molecule has 0 saturated carbocycles. The topological polar surface area (TPSA) is 78.0 Å². The summed E-state index contributed by atoms with van der Waals surface area (Å²) in [5, 5.41) is 18.2. The molecule has 0 bridgehead atoms. The van der Waals surface area contributed by atoms with Crippen molar-refractivity contribution < 1.29 is 9.90 Å². The molecule has 0 radical (unpaired) electrons. The maximum atomic E-state index is 10.3. The summed E-state index contributed by atoms with van der Waals surface area (Å²) in [6, 6.07) is 1.91. The van der Waals surface area contributed by atoms with Crippen LogP contribution in [0.5, 0.6) is 0 Å². The Hall–Kier alpha value is -1.43. The number of aliphatic carboxylic acids is 1. The molecule has 0 spiro atoms. The maximum Gasteiger partial charge on any atom is 0.303 e. The van der Waals surface area contributed by atoms with E-state index in [0.29, 0.717) is 12.8 Å². The van der Waals surface area contributed by atoms with Gasteiger partial charge in [-0.15, -0.1) is 0 Å². The van der Waals surface area contributed by atoms with E-state index >= 15 is 0 Å². The molecular weight excluding hydrogens is 226 g/mol. The lowest BCUT2D eigenvalue weighted by atomic mass is 10.2. The molecule has 1 aromatic heterocycles. The van der Waals surface area contributed by atoms with Gasteiger partial charge in [-0.05, 0) is 18.9 Å². The molecule has 0 aliphatic heterocycles. The van der Waals surface area contributed by atoms with Gasteiger partial charge in [0.2, 0.25) is 0 Å². The van der Waals surface area contributed by atoms with Crippen molar-refractivity contribution >= 4 is 23.2 Å². The lowest BCUT2D eigenvalue weighted by molar-refractivity contribution is -0.137. The van der Waals surface area contributed by atoms with E-state index in [4.69, 9.17) is 17.3 Å². The zero-order valence-corrected chi connectivity index (χ0v) is 9.72. The number of thiocarbonyl (C=S) groups is 1. The van der Waals surface area contributed by atoms with Gasteiger partial charge in [0.05, 0.1) is 4.99 Å². The highest BCUT2D eigenvalue weighted by molar-refractivity contribution is 7.80. The Kier molecular flexibility index (Phi) is 5.49. The van der Waals surface area contributed by atoms with E-state index in [-0.39, 0.29) is 6.42 Å². The van der Waals surface area contributed by atoms with Crippen LogP contribution in [0.4, 0.5) is 0 Å². The number of hydrogen-bond donors (Lipinski definition) is 3. The number of carboxylic acid groups (broad SMARTS) is 1. The van der Waals surface area contributed by atoms with Gasteiger partial charge in [0, 0.05) is 31.3 Å². The van der Waals surface area contributed by atoms with Crippen LogP contribution < -0.4 is 5.32 Å². The van der Waals surface area contributed by atoms with Crippen LogP contribution in [0.1, 0.15) is 25.0 Å². The second-order valence-electron chi connectivity index (χ2n) is 3.43. The molecule has 0 atom stereocenters. The monoisotopic (exact) mass is 241 g/mol. The van der Waals surface area contributed by atoms with Gasteiger partial charge in [-0.1, -0.05) is 12.2 Å². The Morgan fingerprint density at radius 3 is 3.00 bits per heavy atom. The van der Waals surface area contributed by atoms with Crippen LogP contribution in [0.25, 0.3) is 0 Å². The van der Waals surface area contributed by atoms with Gasteiger partial charge in [0.15, 0.2) is 0 Å². The van der Waals surface area contributed by atoms with Crippen molar-refractivity contribution in [3.05, 3.63) is 18.0 Å². The standard InChI is InChI=1S/C10H15N3O2S/c14-10(15)3-1-2-9(16)11-6-4-8-5-7-12-13-8/h5,7H,1-4,6H2,(H,11,16)(H,12,13)(H,14,15). The van der Waals surface area contributed by atoms with Crippen LogP contribution in [0.3, 0.4) is 0 Å². The summed E-state index contributed by atoms with van der Waals surface area (Å²) < 4.78 is 0. The Balaban J connectivity index is 2.04. The normalized spacial score (nSPS) is 10.0. The minimum Gasteiger partial charge on any atom is -0.481 e. The van der Waals surface area contributed by atoms with Crippen molar-refractivity contribution in [3.63, 3.8) is 0 Å². The minimum atomic E-state index is -0.778. The van der Waals surface area contributed by atoms with Crippen LogP contribution >= 0.6 is 12.2 Å². The van der Waals surface area contributed by atoms with Crippen LogP contribution in [0.15, 0.2) is 12.3 Å².